The summed E-state index contributed by atoms with van der Waals surface area (Å²) >= 11 is 7.36. The first kappa shape index (κ1) is 12.8. The number of halogens is 1. The molecule has 0 radical (unpaired) electrons. The molecule has 0 aliphatic heterocycles. The van der Waals surface area contributed by atoms with Crippen molar-refractivity contribution in [2.45, 2.75) is 6.42 Å². The van der Waals surface area contributed by atoms with Crippen LogP contribution in [0.1, 0.15) is 5.56 Å². The summed E-state index contributed by atoms with van der Waals surface area (Å²) in [5, 5.41) is 17.9. The highest BCUT2D eigenvalue weighted by Crippen LogP contribution is 2.20. The molecule has 0 amide bonds. The second-order valence-electron chi connectivity index (χ2n) is 3.60. The maximum Gasteiger partial charge on any atom is 0.276 e. The van der Waals surface area contributed by atoms with E-state index in [0.29, 0.717) is 12.4 Å². The van der Waals surface area contributed by atoms with Crippen molar-refractivity contribution in [1.82, 2.24) is 4.98 Å². The van der Waals surface area contributed by atoms with Crippen molar-refractivity contribution < 1.29 is 4.92 Å². The van der Waals surface area contributed by atoms with Crippen molar-refractivity contribution in [3.8, 4) is 0 Å². The van der Waals surface area contributed by atoms with Crippen LogP contribution in [0, 0.1) is 10.1 Å². The zero-order chi connectivity index (χ0) is 13.0. The van der Waals surface area contributed by atoms with E-state index < -0.39 is 4.92 Å². The van der Waals surface area contributed by atoms with Crippen molar-refractivity contribution >= 4 is 34.4 Å². The predicted octanol–water partition coefficient (Wildman–Crippen LogP) is 3.36. The van der Waals surface area contributed by atoms with Gasteiger partial charge < -0.3 is 5.32 Å². The predicted molar refractivity (Wildman–Crippen MR) is 72.4 cm³/mol. The normalized spacial score (nSPS) is 10.3. The molecule has 0 bridgehead atoms. The Morgan fingerprint density at radius 3 is 3.00 bits per heavy atom. The van der Waals surface area contributed by atoms with Crippen LogP contribution in [-0.2, 0) is 6.42 Å². The quantitative estimate of drug-likeness (QED) is 0.519. The number of nitrogens with zero attached hydrogens (tertiary/aromatic N) is 2. The molecule has 0 saturated carbocycles. The Bertz CT molecular complexity index is 545. The summed E-state index contributed by atoms with van der Waals surface area (Å²) in [6.07, 6.45) is 0.839. The first-order valence-corrected chi connectivity index (χ1v) is 6.54. The average Bonchev–Trinajstić information content (AvgIpc) is 2.81. The molecule has 7 heteroatoms. The molecule has 94 valence electrons. The van der Waals surface area contributed by atoms with Crippen LogP contribution in [0.2, 0.25) is 5.15 Å². The van der Waals surface area contributed by atoms with E-state index in [9.17, 15) is 10.1 Å². The fraction of sp³-hybridized carbons (Fsp3) is 0.182. The molecule has 5 nitrogen and oxygen atoms in total. The summed E-state index contributed by atoms with van der Waals surface area (Å²) in [5.74, 6) is 0.421. The lowest BCUT2D eigenvalue weighted by molar-refractivity contribution is -0.384. The van der Waals surface area contributed by atoms with Crippen LogP contribution in [0.5, 0.6) is 0 Å². The fourth-order valence-electron chi connectivity index (χ4n) is 1.45. The van der Waals surface area contributed by atoms with Crippen molar-refractivity contribution in [2.24, 2.45) is 0 Å². The molecule has 0 aliphatic rings. The zero-order valence-corrected chi connectivity index (χ0v) is 10.9. The van der Waals surface area contributed by atoms with Gasteiger partial charge in [-0.2, -0.15) is 11.3 Å². The van der Waals surface area contributed by atoms with Crippen LogP contribution < -0.4 is 5.32 Å². The summed E-state index contributed by atoms with van der Waals surface area (Å²) < 4.78 is 0. The highest BCUT2D eigenvalue weighted by molar-refractivity contribution is 7.07. The maximum absolute atomic E-state index is 10.7. The molecule has 0 aromatic carbocycles. The summed E-state index contributed by atoms with van der Waals surface area (Å²) in [4.78, 5) is 14.2. The van der Waals surface area contributed by atoms with Gasteiger partial charge >= 0.3 is 0 Å². The number of nitrogens with one attached hydrogen (secondary N) is 1. The number of hydrogen-bond acceptors (Lipinski definition) is 5. The third-order valence-corrected chi connectivity index (χ3v) is 3.22. The molecule has 2 aromatic heterocycles. The molecular formula is C11H10ClN3O2S. The lowest BCUT2D eigenvalue weighted by Gasteiger charge is -2.04. The Hall–Kier alpha value is -1.66. The molecule has 0 aliphatic carbocycles. The number of rotatable bonds is 5. The number of anilines is 1. The van der Waals surface area contributed by atoms with Gasteiger partial charge in [0.1, 0.15) is 11.0 Å². The summed E-state index contributed by atoms with van der Waals surface area (Å²) in [6.45, 7) is 0.654. The number of aromatic nitrogens is 1. The SMILES string of the molecule is O=[N+]([O-])c1cc(Cl)nc(NCCc2ccsc2)c1. The second-order valence-corrected chi connectivity index (χ2v) is 4.77. The summed E-state index contributed by atoms with van der Waals surface area (Å²) in [5.41, 5.74) is 1.16. The van der Waals surface area contributed by atoms with Crippen LogP contribution in [0.3, 0.4) is 0 Å². The summed E-state index contributed by atoms with van der Waals surface area (Å²) in [6, 6.07) is 4.64. The molecule has 0 fully saturated rings. The highest BCUT2D eigenvalue weighted by Gasteiger charge is 2.09. The van der Waals surface area contributed by atoms with Crippen molar-refractivity contribution in [2.75, 3.05) is 11.9 Å². The zero-order valence-electron chi connectivity index (χ0n) is 9.30. The van der Waals surface area contributed by atoms with E-state index in [2.05, 4.69) is 15.7 Å². The van der Waals surface area contributed by atoms with E-state index in [1.54, 1.807) is 11.3 Å². The molecule has 2 aromatic rings. The number of nitro groups is 1. The standard InChI is InChI=1S/C11H10ClN3O2S/c12-10-5-9(15(16)17)6-11(14-10)13-3-1-8-2-4-18-7-8/h2,4-7H,1,3H2,(H,13,14). The van der Waals surface area contributed by atoms with Gasteiger partial charge in [0.25, 0.3) is 5.69 Å². The Morgan fingerprint density at radius 1 is 1.50 bits per heavy atom. The Kier molecular flexibility index (Phi) is 4.11. The highest BCUT2D eigenvalue weighted by atomic mass is 35.5. The van der Waals surface area contributed by atoms with Gasteiger partial charge in [0.05, 0.1) is 17.1 Å². The van der Waals surface area contributed by atoms with Crippen LogP contribution >= 0.6 is 22.9 Å². The minimum atomic E-state index is -0.488. The van der Waals surface area contributed by atoms with Gasteiger partial charge in [-0.1, -0.05) is 11.6 Å². The lowest BCUT2D eigenvalue weighted by Crippen LogP contribution is -2.06. The maximum atomic E-state index is 10.7. The van der Waals surface area contributed by atoms with Crippen molar-refractivity contribution in [3.63, 3.8) is 0 Å². The fourth-order valence-corrected chi connectivity index (χ4v) is 2.36. The average molecular weight is 284 g/mol. The molecular weight excluding hydrogens is 274 g/mol. The van der Waals surface area contributed by atoms with Gasteiger partial charge in [0.15, 0.2) is 0 Å². The first-order chi connectivity index (χ1) is 8.65. The van der Waals surface area contributed by atoms with Crippen LogP contribution in [0.15, 0.2) is 29.0 Å². The molecule has 0 saturated heterocycles. The van der Waals surface area contributed by atoms with Crippen LogP contribution in [0.4, 0.5) is 11.5 Å². The third kappa shape index (κ3) is 3.41. The van der Waals surface area contributed by atoms with Crippen LogP contribution in [0.25, 0.3) is 0 Å². The molecule has 0 spiro atoms. The van der Waals surface area contributed by atoms with E-state index in [1.165, 1.54) is 17.7 Å². The smallest absolute Gasteiger partial charge is 0.276 e. The van der Waals surface area contributed by atoms with Gasteiger partial charge in [0.2, 0.25) is 0 Å². The molecule has 18 heavy (non-hydrogen) atoms. The van der Waals surface area contributed by atoms with Gasteiger partial charge in [-0.3, -0.25) is 10.1 Å². The van der Waals surface area contributed by atoms with Gasteiger partial charge in [0, 0.05) is 6.54 Å². The van der Waals surface area contributed by atoms with Gasteiger partial charge in [-0.25, -0.2) is 4.98 Å². The minimum Gasteiger partial charge on any atom is -0.369 e. The molecule has 2 heterocycles. The number of hydrogen-bond donors (Lipinski definition) is 1. The van der Waals surface area contributed by atoms with E-state index in [1.807, 2.05) is 11.4 Å². The second kappa shape index (κ2) is 5.79. The Morgan fingerprint density at radius 2 is 2.33 bits per heavy atom. The molecule has 1 N–H and O–H groups in total. The van der Waals surface area contributed by atoms with Crippen molar-refractivity contribution in [1.29, 1.82) is 0 Å². The number of thiophene rings is 1. The van der Waals surface area contributed by atoms with E-state index in [0.717, 1.165) is 6.42 Å². The van der Waals surface area contributed by atoms with Gasteiger partial charge in [-0.15, -0.1) is 0 Å². The van der Waals surface area contributed by atoms with E-state index in [4.69, 9.17) is 11.6 Å². The minimum absolute atomic E-state index is 0.0620. The van der Waals surface area contributed by atoms with Gasteiger partial charge in [-0.05, 0) is 28.8 Å². The molecule has 2 rings (SSSR count). The monoisotopic (exact) mass is 283 g/mol. The Labute approximate surface area is 113 Å². The first-order valence-electron chi connectivity index (χ1n) is 5.22. The molecule has 0 unspecified atom stereocenters. The van der Waals surface area contributed by atoms with E-state index in [-0.39, 0.29) is 10.8 Å². The summed E-state index contributed by atoms with van der Waals surface area (Å²) in [7, 11) is 0. The topological polar surface area (TPSA) is 68.1 Å². The number of pyridine rings is 1. The van der Waals surface area contributed by atoms with Crippen LogP contribution in [-0.4, -0.2) is 16.5 Å². The van der Waals surface area contributed by atoms with Crippen molar-refractivity contribution in [3.05, 3.63) is 49.8 Å². The van der Waals surface area contributed by atoms with E-state index >= 15 is 0 Å². The lowest BCUT2D eigenvalue weighted by atomic mass is 10.2. The molecule has 0 atom stereocenters. The largest absolute Gasteiger partial charge is 0.369 e. The Balaban J connectivity index is 1.98. The third-order valence-electron chi connectivity index (χ3n) is 2.29.